The minimum Gasteiger partial charge on any atom is -0.344 e. The van der Waals surface area contributed by atoms with E-state index in [1.54, 1.807) is 31.2 Å². The molecule has 5 aromatic rings. The lowest BCUT2D eigenvalue weighted by molar-refractivity contribution is -0.384. The van der Waals surface area contributed by atoms with Crippen molar-refractivity contribution in [2.24, 2.45) is 30.4 Å². The Morgan fingerprint density at radius 1 is 0.702 bits per heavy atom. The number of non-ortho nitro benzene ring substituents is 1. The third-order valence-corrected chi connectivity index (χ3v) is 9.84. The Morgan fingerprint density at radius 3 is 2.00 bits per heavy atom. The lowest BCUT2D eigenvalue weighted by Crippen LogP contribution is -2.55. The third-order valence-electron chi connectivity index (χ3n) is 9.84. The number of hydrogen-bond donors (Lipinski definition) is 2. The Labute approximate surface area is 268 Å². The van der Waals surface area contributed by atoms with Gasteiger partial charge >= 0.3 is 0 Å². The van der Waals surface area contributed by atoms with E-state index in [1.165, 1.54) is 17.0 Å². The smallest absolute Gasteiger partial charge is 0.270 e. The molecule has 7 rings (SSSR count). The molecule has 0 saturated heterocycles. The summed E-state index contributed by atoms with van der Waals surface area (Å²) < 4.78 is 2.00. The fourth-order valence-corrected chi connectivity index (χ4v) is 7.18. The van der Waals surface area contributed by atoms with Crippen molar-refractivity contribution in [2.45, 2.75) is 25.9 Å². The van der Waals surface area contributed by atoms with Crippen LogP contribution in [0.3, 0.4) is 0 Å². The van der Waals surface area contributed by atoms with Crippen molar-refractivity contribution >= 4 is 61.9 Å². The van der Waals surface area contributed by atoms with Gasteiger partial charge in [-0.1, -0.05) is 44.2 Å². The SMILES string of the molecule is C[C@H](CN1C(=O)c2cccc3cc([N+](=O)[O-])cc(c23)C1=O)C(N)C(N)[C@H](C)CN1C(=O)c2ccc3c(c2C1=O)c1ccccc1n3C. The lowest BCUT2D eigenvalue weighted by Gasteiger charge is -2.35. The van der Waals surface area contributed by atoms with E-state index in [2.05, 4.69) is 0 Å². The second-order valence-corrected chi connectivity index (χ2v) is 12.7. The molecule has 0 aliphatic carbocycles. The van der Waals surface area contributed by atoms with Crippen LogP contribution < -0.4 is 11.5 Å². The Morgan fingerprint density at radius 2 is 1.32 bits per heavy atom. The van der Waals surface area contributed by atoms with Gasteiger partial charge in [-0.25, -0.2) is 0 Å². The van der Waals surface area contributed by atoms with Crippen molar-refractivity contribution in [3.63, 3.8) is 0 Å². The van der Waals surface area contributed by atoms with Crippen LogP contribution in [0.5, 0.6) is 0 Å². The highest BCUT2D eigenvalue weighted by Gasteiger charge is 2.41. The average Bonchev–Trinajstić information content (AvgIpc) is 3.49. The topological polar surface area (TPSA) is 175 Å². The number of amides is 4. The van der Waals surface area contributed by atoms with E-state index in [0.29, 0.717) is 21.9 Å². The molecule has 3 heterocycles. The number of nitrogens with two attached hydrogens (primary N) is 2. The summed E-state index contributed by atoms with van der Waals surface area (Å²) in [6.07, 6.45) is 0. The zero-order valence-electron chi connectivity index (χ0n) is 26.0. The summed E-state index contributed by atoms with van der Waals surface area (Å²) in [4.78, 5) is 67.7. The molecule has 2 aliphatic rings. The van der Waals surface area contributed by atoms with Crippen LogP contribution in [-0.4, -0.2) is 68.1 Å². The number of hydrogen-bond acceptors (Lipinski definition) is 8. The molecule has 1 aromatic heterocycles. The predicted molar refractivity (Wildman–Crippen MR) is 176 cm³/mol. The molecule has 4 N–H and O–H groups in total. The maximum atomic E-state index is 13.8. The number of carbonyl (C=O) groups is 4. The summed E-state index contributed by atoms with van der Waals surface area (Å²) in [5, 5.41) is 14.0. The van der Waals surface area contributed by atoms with E-state index in [9.17, 15) is 29.3 Å². The van der Waals surface area contributed by atoms with Gasteiger partial charge in [-0.2, -0.15) is 0 Å². The molecule has 12 nitrogen and oxygen atoms in total. The van der Waals surface area contributed by atoms with Crippen molar-refractivity contribution in [2.75, 3.05) is 13.1 Å². The first kappa shape index (κ1) is 30.2. The number of nitrogens with zero attached hydrogens (tertiary/aromatic N) is 4. The zero-order chi connectivity index (χ0) is 33.5. The molecule has 0 saturated carbocycles. The average molecular weight is 633 g/mol. The molecule has 0 bridgehead atoms. The van der Waals surface area contributed by atoms with Crippen LogP contribution in [0.1, 0.15) is 55.3 Å². The molecule has 238 valence electrons. The molecule has 0 radical (unpaired) electrons. The lowest BCUT2D eigenvalue weighted by atomic mass is 9.86. The Bertz CT molecular complexity index is 2220. The van der Waals surface area contributed by atoms with Gasteiger partial charge in [-0.3, -0.25) is 39.1 Å². The number of aryl methyl sites for hydroxylation is 1. The first-order valence-corrected chi connectivity index (χ1v) is 15.4. The minimum absolute atomic E-state index is 0.0286. The van der Waals surface area contributed by atoms with Gasteiger partial charge < -0.3 is 16.0 Å². The van der Waals surface area contributed by atoms with Crippen molar-refractivity contribution < 1.29 is 24.1 Å². The largest absolute Gasteiger partial charge is 0.344 e. The molecule has 47 heavy (non-hydrogen) atoms. The summed E-state index contributed by atoms with van der Waals surface area (Å²) >= 11 is 0. The van der Waals surface area contributed by atoms with Gasteiger partial charge in [0.25, 0.3) is 29.3 Å². The van der Waals surface area contributed by atoms with E-state index >= 15 is 0 Å². The van der Waals surface area contributed by atoms with Gasteiger partial charge in [-0.05, 0) is 41.5 Å². The van der Waals surface area contributed by atoms with Gasteiger partial charge in [0.1, 0.15) is 0 Å². The van der Waals surface area contributed by atoms with Crippen LogP contribution in [0.2, 0.25) is 0 Å². The monoisotopic (exact) mass is 632 g/mol. The number of imide groups is 2. The van der Waals surface area contributed by atoms with E-state index in [-0.39, 0.29) is 35.8 Å². The van der Waals surface area contributed by atoms with Crippen LogP contribution in [-0.2, 0) is 7.05 Å². The zero-order valence-corrected chi connectivity index (χ0v) is 26.0. The van der Waals surface area contributed by atoms with Crippen molar-refractivity contribution in [3.8, 4) is 0 Å². The number of rotatable bonds is 8. The third kappa shape index (κ3) is 4.43. The highest BCUT2D eigenvalue weighted by molar-refractivity contribution is 6.30. The van der Waals surface area contributed by atoms with Crippen molar-refractivity contribution in [1.82, 2.24) is 14.4 Å². The molecule has 0 fully saturated rings. The summed E-state index contributed by atoms with van der Waals surface area (Å²) in [7, 11) is 1.92. The summed E-state index contributed by atoms with van der Waals surface area (Å²) in [5.74, 6) is -2.87. The standard InChI is InChI=1S/C35H32N6O6/c1-17(15-39-32(42)22-9-6-7-19-13-20(41(46)47)14-24(27(19)22)34(39)44)30(36)31(37)18(2)16-40-33(43)23-11-12-26-28(29(23)35(40)45)21-8-4-5-10-25(21)38(26)3/h4-14,17-18,30-31H,15-16,36-37H2,1-3H3/t17-,18-,30?,31?/m1/s1. The highest BCUT2D eigenvalue weighted by Crippen LogP contribution is 2.37. The maximum Gasteiger partial charge on any atom is 0.270 e. The second kappa shape index (κ2) is 10.8. The Hall–Kier alpha value is -5.46. The molecular weight excluding hydrogens is 600 g/mol. The highest BCUT2D eigenvalue weighted by atomic mass is 16.6. The van der Waals surface area contributed by atoms with Gasteiger partial charge in [0.15, 0.2) is 0 Å². The molecule has 2 unspecified atom stereocenters. The number of nitro groups is 1. The Balaban J connectivity index is 1.10. The second-order valence-electron chi connectivity index (χ2n) is 12.7. The summed E-state index contributed by atoms with van der Waals surface area (Å²) in [6.45, 7) is 3.52. The molecule has 12 heteroatoms. The molecular formula is C35H32N6O6. The van der Waals surface area contributed by atoms with Crippen LogP contribution in [0, 0.1) is 22.0 Å². The first-order chi connectivity index (χ1) is 22.4. The quantitative estimate of drug-likeness (QED) is 0.145. The fourth-order valence-electron chi connectivity index (χ4n) is 7.18. The molecule has 2 aliphatic heterocycles. The number of benzene rings is 4. The molecule has 4 amide bonds. The van der Waals surface area contributed by atoms with E-state index in [0.717, 1.165) is 26.7 Å². The van der Waals surface area contributed by atoms with Crippen LogP contribution in [0.25, 0.3) is 32.6 Å². The minimum atomic E-state index is -0.729. The van der Waals surface area contributed by atoms with Crippen LogP contribution in [0.15, 0.2) is 66.7 Å². The van der Waals surface area contributed by atoms with E-state index in [4.69, 9.17) is 11.5 Å². The Kier molecular flexibility index (Phi) is 6.95. The van der Waals surface area contributed by atoms with E-state index in [1.807, 2.05) is 48.9 Å². The van der Waals surface area contributed by atoms with Crippen LogP contribution >= 0.6 is 0 Å². The van der Waals surface area contributed by atoms with Gasteiger partial charge in [0, 0.05) is 77.1 Å². The van der Waals surface area contributed by atoms with Gasteiger partial charge in [0.05, 0.1) is 21.6 Å². The molecule has 0 spiro atoms. The number of nitro benzene ring substituents is 1. The van der Waals surface area contributed by atoms with E-state index < -0.39 is 46.6 Å². The van der Waals surface area contributed by atoms with Gasteiger partial charge in [-0.15, -0.1) is 0 Å². The number of para-hydroxylation sites is 1. The summed E-state index contributed by atoms with van der Waals surface area (Å²) in [6, 6.07) is 17.2. The first-order valence-electron chi connectivity index (χ1n) is 15.4. The maximum absolute atomic E-state index is 13.8. The molecule has 4 aromatic carbocycles. The van der Waals surface area contributed by atoms with Gasteiger partial charge in [0.2, 0.25) is 0 Å². The van der Waals surface area contributed by atoms with Crippen LogP contribution in [0.4, 0.5) is 5.69 Å². The number of carbonyl (C=O) groups excluding carboxylic acids is 4. The summed E-state index contributed by atoms with van der Waals surface area (Å²) in [5.41, 5.74) is 15.9. The number of aromatic nitrogens is 1. The van der Waals surface area contributed by atoms with Crippen molar-refractivity contribution in [3.05, 3.63) is 99.1 Å². The molecule has 4 atom stereocenters. The van der Waals surface area contributed by atoms with Crippen molar-refractivity contribution in [1.29, 1.82) is 0 Å². The predicted octanol–water partition coefficient (Wildman–Crippen LogP) is 4.21. The fraction of sp³-hybridized carbons (Fsp3) is 0.257. The number of fused-ring (bicyclic) bond motifs is 5. The normalized spacial score (nSPS) is 17.1.